The molecule has 0 spiro atoms. The van der Waals surface area contributed by atoms with Gasteiger partial charge in [0.1, 0.15) is 5.82 Å². The molecule has 4 N–H and O–H groups in total. The fourth-order valence-electron chi connectivity index (χ4n) is 3.94. The minimum atomic E-state index is -0.243. The third-order valence-corrected chi connectivity index (χ3v) is 5.70. The molecule has 1 aromatic rings. The number of hydrogen-bond acceptors (Lipinski definition) is 5. The van der Waals surface area contributed by atoms with Crippen molar-refractivity contribution in [2.24, 2.45) is 0 Å². The zero-order valence-corrected chi connectivity index (χ0v) is 18.1. The molecule has 0 bridgehead atoms. The van der Waals surface area contributed by atoms with E-state index < -0.39 is 0 Å². The van der Waals surface area contributed by atoms with Crippen LogP contribution in [0.15, 0.2) is 24.4 Å². The largest absolute Gasteiger partial charge is 0.356 e. The summed E-state index contributed by atoms with van der Waals surface area (Å²) in [5, 5.41) is 11.5. The van der Waals surface area contributed by atoms with Crippen LogP contribution in [-0.2, 0) is 4.79 Å². The molecule has 0 radical (unpaired) electrons. The highest BCUT2D eigenvalue weighted by atomic mass is 16.2. The lowest BCUT2D eigenvalue weighted by Gasteiger charge is -2.36. The molecule has 2 saturated heterocycles. The number of anilines is 1. The number of likely N-dealkylation sites (tertiary alicyclic amines) is 1. The molecule has 1 aromatic heterocycles. The minimum Gasteiger partial charge on any atom is -0.356 e. The van der Waals surface area contributed by atoms with E-state index in [1.807, 2.05) is 23.1 Å². The molecule has 2 aliphatic heterocycles. The summed E-state index contributed by atoms with van der Waals surface area (Å²) in [6.45, 7) is 5.23. The molecule has 2 aliphatic rings. The number of amides is 5. The first kappa shape index (κ1) is 22.6. The van der Waals surface area contributed by atoms with Gasteiger partial charge < -0.3 is 31.1 Å². The zero-order valence-electron chi connectivity index (χ0n) is 18.1. The number of carbonyl (C=O) groups excluding carboxylic acids is 3. The Morgan fingerprint density at radius 1 is 0.935 bits per heavy atom. The zero-order chi connectivity index (χ0) is 22.1. The maximum absolute atomic E-state index is 12.6. The van der Waals surface area contributed by atoms with Crippen LogP contribution in [0.5, 0.6) is 0 Å². The number of nitrogens with one attached hydrogen (secondary N) is 4. The molecular formula is C21H33N7O3. The summed E-state index contributed by atoms with van der Waals surface area (Å²) in [5.74, 6) is 0.868. The highest BCUT2D eigenvalue weighted by Gasteiger charge is 2.27. The summed E-state index contributed by atoms with van der Waals surface area (Å²) in [5.41, 5.74) is 0. The van der Waals surface area contributed by atoms with Crippen molar-refractivity contribution in [1.82, 2.24) is 31.2 Å². The number of hydrogen-bond donors (Lipinski definition) is 4. The topological polar surface area (TPSA) is 119 Å². The summed E-state index contributed by atoms with van der Waals surface area (Å²) in [6, 6.07) is 5.88. The van der Waals surface area contributed by atoms with Gasteiger partial charge in [-0.1, -0.05) is 6.07 Å². The quantitative estimate of drug-likeness (QED) is 0.494. The Hall–Kier alpha value is -3.04. The van der Waals surface area contributed by atoms with Crippen molar-refractivity contribution in [3.05, 3.63) is 24.4 Å². The Balaban J connectivity index is 1.31. The fraction of sp³-hybridized carbons (Fsp3) is 0.619. The van der Waals surface area contributed by atoms with Gasteiger partial charge in [-0.25, -0.2) is 14.6 Å². The molecule has 0 saturated carbocycles. The van der Waals surface area contributed by atoms with Crippen molar-refractivity contribution >= 4 is 23.8 Å². The SMILES string of the molecule is CC(=O)NCCNC(=O)NC1CCN(C(=O)NC2CCN(c3ccccn3)CC2)CC1. The lowest BCUT2D eigenvalue weighted by molar-refractivity contribution is -0.118. The highest BCUT2D eigenvalue weighted by Crippen LogP contribution is 2.18. The van der Waals surface area contributed by atoms with Gasteiger partial charge in [-0.3, -0.25) is 4.79 Å². The van der Waals surface area contributed by atoms with Crippen molar-refractivity contribution < 1.29 is 14.4 Å². The molecule has 0 aliphatic carbocycles. The number of carbonyl (C=O) groups is 3. The molecule has 10 nitrogen and oxygen atoms in total. The van der Waals surface area contributed by atoms with E-state index in [1.165, 1.54) is 6.92 Å². The van der Waals surface area contributed by atoms with Crippen molar-refractivity contribution in [2.45, 2.75) is 44.7 Å². The summed E-state index contributed by atoms with van der Waals surface area (Å²) < 4.78 is 0. The average molecular weight is 432 g/mol. The number of pyridine rings is 1. The summed E-state index contributed by atoms with van der Waals surface area (Å²) in [7, 11) is 0. The van der Waals surface area contributed by atoms with Crippen molar-refractivity contribution in [2.75, 3.05) is 44.2 Å². The molecule has 10 heteroatoms. The molecular weight excluding hydrogens is 398 g/mol. The lowest BCUT2D eigenvalue weighted by atomic mass is 10.0. The third kappa shape index (κ3) is 7.30. The van der Waals surface area contributed by atoms with E-state index >= 15 is 0 Å². The van der Waals surface area contributed by atoms with E-state index in [0.29, 0.717) is 26.2 Å². The average Bonchev–Trinajstić information content (AvgIpc) is 2.78. The molecule has 0 atom stereocenters. The normalized spacial score (nSPS) is 17.7. The molecule has 170 valence electrons. The first-order valence-electron chi connectivity index (χ1n) is 11.0. The van der Waals surface area contributed by atoms with Gasteiger partial charge in [0.2, 0.25) is 5.91 Å². The van der Waals surface area contributed by atoms with Gasteiger partial charge in [0.05, 0.1) is 0 Å². The second-order valence-electron chi connectivity index (χ2n) is 8.04. The van der Waals surface area contributed by atoms with E-state index in [2.05, 4.69) is 31.2 Å². The predicted molar refractivity (Wildman–Crippen MR) is 118 cm³/mol. The molecule has 3 heterocycles. The number of aromatic nitrogens is 1. The van der Waals surface area contributed by atoms with E-state index in [1.54, 1.807) is 6.20 Å². The van der Waals surface area contributed by atoms with Crippen LogP contribution in [0.4, 0.5) is 15.4 Å². The van der Waals surface area contributed by atoms with Crippen molar-refractivity contribution in [1.29, 1.82) is 0 Å². The first-order chi connectivity index (χ1) is 15.0. The van der Waals surface area contributed by atoms with Crippen LogP contribution in [0.25, 0.3) is 0 Å². The van der Waals surface area contributed by atoms with Gasteiger partial charge in [0, 0.05) is 64.5 Å². The Morgan fingerprint density at radius 3 is 2.23 bits per heavy atom. The minimum absolute atomic E-state index is 0.0190. The van der Waals surface area contributed by atoms with Crippen molar-refractivity contribution in [3.8, 4) is 0 Å². The number of piperidine rings is 2. The van der Waals surface area contributed by atoms with Gasteiger partial charge in [0.25, 0.3) is 0 Å². The second kappa shape index (κ2) is 11.4. The smallest absolute Gasteiger partial charge is 0.317 e. The fourth-order valence-corrected chi connectivity index (χ4v) is 3.94. The van der Waals surface area contributed by atoms with Crippen molar-refractivity contribution in [3.63, 3.8) is 0 Å². The summed E-state index contributed by atoms with van der Waals surface area (Å²) in [4.78, 5) is 43.8. The maximum atomic E-state index is 12.6. The van der Waals surface area contributed by atoms with Gasteiger partial charge in [-0.15, -0.1) is 0 Å². The Morgan fingerprint density at radius 2 is 1.58 bits per heavy atom. The van der Waals surface area contributed by atoms with Crippen LogP contribution in [0.1, 0.15) is 32.6 Å². The molecule has 3 rings (SSSR count). The number of nitrogens with zero attached hydrogens (tertiary/aromatic N) is 3. The Kier molecular flexibility index (Phi) is 8.31. The summed E-state index contributed by atoms with van der Waals surface area (Å²) >= 11 is 0. The lowest BCUT2D eigenvalue weighted by Crippen LogP contribution is -2.54. The van der Waals surface area contributed by atoms with Gasteiger partial charge in [-0.05, 0) is 37.8 Å². The van der Waals surface area contributed by atoms with Crippen LogP contribution in [-0.4, -0.2) is 79.2 Å². The van der Waals surface area contributed by atoms with Crippen LogP contribution in [0.2, 0.25) is 0 Å². The van der Waals surface area contributed by atoms with Gasteiger partial charge in [0.15, 0.2) is 0 Å². The standard InChI is InChI=1S/C21H33N7O3/c1-16(29)22-10-11-24-20(30)25-17-7-14-28(15-8-17)21(31)26-18-5-12-27(13-6-18)19-4-2-3-9-23-19/h2-4,9,17-18H,5-8,10-15H2,1H3,(H,22,29)(H,26,31)(H2,24,25,30). The molecule has 0 unspecified atom stereocenters. The van der Waals surface area contributed by atoms with E-state index in [0.717, 1.165) is 44.6 Å². The van der Waals surface area contributed by atoms with E-state index in [-0.39, 0.29) is 30.1 Å². The Bertz CT molecular complexity index is 730. The molecule has 5 amide bonds. The van der Waals surface area contributed by atoms with Crippen LogP contribution in [0, 0.1) is 0 Å². The summed E-state index contributed by atoms with van der Waals surface area (Å²) in [6.07, 6.45) is 5.06. The monoisotopic (exact) mass is 431 g/mol. The van der Waals surface area contributed by atoms with Crippen LogP contribution in [0.3, 0.4) is 0 Å². The first-order valence-corrected chi connectivity index (χ1v) is 11.0. The van der Waals surface area contributed by atoms with E-state index in [9.17, 15) is 14.4 Å². The maximum Gasteiger partial charge on any atom is 0.317 e. The predicted octanol–water partition coefficient (Wildman–Crippen LogP) is 0.660. The molecule has 2 fully saturated rings. The highest BCUT2D eigenvalue weighted by molar-refractivity contribution is 5.76. The third-order valence-electron chi connectivity index (χ3n) is 5.70. The van der Waals surface area contributed by atoms with Crippen LogP contribution >= 0.6 is 0 Å². The number of urea groups is 2. The van der Waals surface area contributed by atoms with Gasteiger partial charge in [-0.2, -0.15) is 0 Å². The molecule has 0 aromatic carbocycles. The second-order valence-corrected chi connectivity index (χ2v) is 8.04. The molecule has 31 heavy (non-hydrogen) atoms. The van der Waals surface area contributed by atoms with Gasteiger partial charge >= 0.3 is 12.1 Å². The van der Waals surface area contributed by atoms with Crippen LogP contribution < -0.4 is 26.2 Å². The number of rotatable bonds is 6. The Labute approximate surface area is 183 Å². The van der Waals surface area contributed by atoms with E-state index in [4.69, 9.17) is 0 Å².